The lowest BCUT2D eigenvalue weighted by Gasteiger charge is -2.59. The summed E-state index contributed by atoms with van der Waals surface area (Å²) in [5, 5.41) is 10.2. The number of fused-ring (bicyclic) bond motifs is 5. The smallest absolute Gasteiger partial charge is 0.136 e. The van der Waals surface area contributed by atoms with Gasteiger partial charge in [0.2, 0.25) is 0 Å². The van der Waals surface area contributed by atoms with E-state index >= 15 is 0 Å². The number of carbonyl (C=O) groups is 1. The largest absolute Gasteiger partial charge is 0.393 e. The van der Waals surface area contributed by atoms with E-state index in [1.165, 1.54) is 24.8 Å². The molecule has 0 aromatic carbocycles. The fourth-order valence-corrected chi connectivity index (χ4v) is 8.08. The standard InChI is InChI=1S/C24H36O2/c1-5-11-24(16(2)25)14-10-21-19-7-6-17-15-18(26)8-12-22(17,3)20(19)9-13-23(21,24)4/h5-6,18-21,26H,1,7-15H2,2-4H3. The van der Waals surface area contributed by atoms with E-state index in [2.05, 4.69) is 26.5 Å². The SMILES string of the molecule is C=CCC1(C(C)=O)CCC2C3CC=C4CC(O)CCC4(C)C3CCC21C. The van der Waals surface area contributed by atoms with E-state index in [0.29, 0.717) is 17.6 Å². The molecule has 4 aliphatic rings. The van der Waals surface area contributed by atoms with Crippen molar-refractivity contribution in [2.24, 2.45) is 34.0 Å². The van der Waals surface area contributed by atoms with Crippen molar-refractivity contribution in [2.75, 3.05) is 0 Å². The Labute approximate surface area is 159 Å². The van der Waals surface area contributed by atoms with E-state index in [4.69, 9.17) is 0 Å². The van der Waals surface area contributed by atoms with Crippen molar-refractivity contribution in [3.8, 4) is 0 Å². The number of ketones is 1. The minimum atomic E-state index is -0.182. The maximum absolute atomic E-state index is 12.8. The molecule has 0 saturated heterocycles. The normalized spacial score (nSPS) is 50.2. The highest BCUT2D eigenvalue weighted by atomic mass is 16.3. The molecule has 26 heavy (non-hydrogen) atoms. The van der Waals surface area contributed by atoms with Crippen LogP contribution in [0.5, 0.6) is 0 Å². The van der Waals surface area contributed by atoms with Gasteiger partial charge in [0.1, 0.15) is 5.78 Å². The number of rotatable bonds is 3. The van der Waals surface area contributed by atoms with Crippen LogP contribution in [0.4, 0.5) is 0 Å². The molecule has 4 aliphatic carbocycles. The Morgan fingerprint density at radius 1 is 1.23 bits per heavy atom. The molecule has 7 atom stereocenters. The molecule has 0 aromatic rings. The molecule has 2 heteroatoms. The molecule has 3 saturated carbocycles. The van der Waals surface area contributed by atoms with Gasteiger partial charge in [-0.2, -0.15) is 0 Å². The van der Waals surface area contributed by atoms with Gasteiger partial charge in [-0.25, -0.2) is 0 Å². The Balaban J connectivity index is 1.70. The van der Waals surface area contributed by atoms with Crippen LogP contribution in [0.3, 0.4) is 0 Å². The molecule has 7 unspecified atom stereocenters. The Morgan fingerprint density at radius 3 is 2.65 bits per heavy atom. The molecule has 3 fully saturated rings. The monoisotopic (exact) mass is 356 g/mol. The second-order valence-corrected chi connectivity index (χ2v) is 10.3. The number of hydrogen-bond donors (Lipinski definition) is 1. The van der Waals surface area contributed by atoms with Gasteiger partial charge in [0, 0.05) is 5.41 Å². The van der Waals surface area contributed by atoms with Gasteiger partial charge in [0.05, 0.1) is 6.10 Å². The van der Waals surface area contributed by atoms with Gasteiger partial charge >= 0.3 is 0 Å². The van der Waals surface area contributed by atoms with Crippen LogP contribution in [0.1, 0.15) is 78.6 Å². The zero-order valence-corrected chi connectivity index (χ0v) is 16.9. The second kappa shape index (κ2) is 6.06. The van der Waals surface area contributed by atoms with E-state index in [1.54, 1.807) is 0 Å². The fraction of sp³-hybridized carbons (Fsp3) is 0.792. The molecule has 4 rings (SSSR count). The average Bonchev–Trinajstić information content (AvgIpc) is 2.90. The summed E-state index contributed by atoms with van der Waals surface area (Å²) in [7, 11) is 0. The van der Waals surface area contributed by atoms with E-state index in [-0.39, 0.29) is 22.3 Å². The first-order chi connectivity index (χ1) is 12.3. The zero-order valence-electron chi connectivity index (χ0n) is 16.9. The molecule has 0 bridgehead atoms. The fourth-order valence-electron chi connectivity index (χ4n) is 8.08. The van der Waals surface area contributed by atoms with Gasteiger partial charge < -0.3 is 5.11 Å². The highest BCUT2D eigenvalue weighted by molar-refractivity contribution is 5.84. The van der Waals surface area contributed by atoms with Gasteiger partial charge in [-0.1, -0.05) is 31.6 Å². The lowest BCUT2D eigenvalue weighted by Crippen LogP contribution is -2.53. The van der Waals surface area contributed by atoms with Gasteiger partial charge in [-0.3, -0.25) is 4.79 Å². The Hall–Kier alpha value is -0.890. The highest BCUT2D eigenvalue weighted by Gasteiger charge is 2.64. The van der Waals surface area contributed by atoms with Crippen LogP contribution in [0.15, 0.2) is 24.3 Å². The van der Waals surface area contributed by atoms with Gasteiger partial charge in [-0.05, 0) is 93.3 Å². The third-order valence-corrected chi connectivity index (χ3v) is 9.61. The maximum atomic E-state index is 12.8. The zero-order chi connectivity index (χ0) is 18.7. The molecule has 1 N–H and O–H groups in total. The Morgan fingerprint density at radius 2 is 1.96 bits per heavy atom. The molecule has 144 valence electrons. The first-order valence-corrected chi connectivity index (χ1v) is 10.8. The van der Waals surface area contributed by atoms with Gasteiger partial charge in [0.15, 0.2) is 0 Å². The van der Waals surface area contributed by atoms with Crippen molar-refractivity contribution in [1.29, 1.82) is 0 Å². The summed E-state index contributed by atoms with van der Waals surface area (Å²) >= 11 is 0. The first-order valence-electron chi connectivity index (χ1n) is 10.8. The summed E-state index contributed by atoms with van der Waals surface area (Å²) in [5.41, 5.74) is 1.76. The van der Waals surface area contributed by atoms with Crippen molar-refractivity contribution >= 4 is 5.78 Å². The molecular formula is C24H36O2. The number of Topliss-reactive ketones (excluding diaryl/α,β-unsaturated/α-hetero) is 1. The lowest BCUT2D eigenvalue weighted by molar-refractivity contribution is -0.140. The number of aliphatic hydroxyl groups excluding tert-OH is 1. The average molecular weight is 357 g/mol. The minimum Gasteiger partial charge on any atom is -0.393 e. The molecular weight excluding hydrogens is 320 g/mol. The predicted molar refractivity (Wildman–Crippen MR) is 106 cm³/mol. The summed E-state index contributed by atoms with van der Waals surface area (Å²) in [6.45, 7) is 10.7. The van der Waals surface area contributed by atoms with Gasteiger partial charge in [-0.15, -0.1) is 6.58 Å². The summed E-state index contributed by atoms with van der Waals surface area (Å²) < 4.78 is 0. The summed E-state index contributed by atoms with van der Waals surface area (Å²) in [6.07, 6.45) is 14.0. The van der Waals surface area contributed by atoms with Crippen LogP contribution in [-0.4, -0.2) is 17.0 Å². The van der Waals surface area contributed by atoms with Crippen LogP contribution in [0.25, 0.3) is 0 Å². The van der Waals surface area contributed by atoms with E-state index in [9.17, 15) is 9.90 Å². The summed E-state index contributed by atoms with van der Waals surface area (Å²) in [6, 6.07) is 0. The van der Waals surface area contributed by atoms with E-state index < -0.39 is 0 Å². The summed E-state index contributed by atoms with van der Waals surface area (Å²) in [5.74, 6) is 2.50. The van der Waals surface area contributed by atoms with E-state index in [1.807, 2.05) is 13.0 Å². The summed E-state index contributed by atoms with van der Waals surface area (Å²) in [4.78, 5) is 12.8. The van der Waals surface area contributed by atoms with Crippen LogP contribution in [-0.2, 0) is 4.79 Å². The number of allylic oxidation sites excluding steroid dienone is 2. The molecule has 0 aromatic heterocycles. The van der Waals surface area contributed by atoms with Crippen molar-refractivity contribution in [3.63, 3.8) is 0 Å². The minimum absolute atomic E-state index is 0.129. The van der Waals surface area contributed by atoms with Crippen LogP contribution in [0.2, 0.25) is 0 Å². The van der Waals surface area contributed by atoms with Crippen molar-refractivity contribution in [1.82, 2.24) is 0 Å². The Bertz CT molecular complexity index is 649. The van der Waals surface area contributed by atoms with Crippen LogP contribution in [0, 0.1) is 34.0 Å². The Kier molecular flexibility index (Phi) is 4.30. The molecule has 0 amide bonds. The second-order valence-electron chi connectivity index (χ2n) is 10.3. The van der Waals surface area contributed by atoms with E-state index in [0.717, 1.165) is 44.4 Å². The topological polar surface area (TPSA) is 37.3 Å². The predicted octanol–water partition coefficient (Wildman–Crippen LogP) is 5.46. The first kappa shape index (κ1) is 18.5. The van der Waals surface area contributed by atoms with Crippen molar-refractivity contribution in [3.05, 3.63) is 24.3 Å². The highest BCUT2D eigenvalue weighted by Crippen LogP contribution is 2.70. The third kappa shape index (κ3) is 2.23. The molecule has 0 radical (unpaired) electrons. The number of aliphatic hydroxyl groups is 1. The third-order valence-electron chi connectivity index (χ3n) is 9.61. The van der Waals surface area contributed by atoms with Crippen LogP contribution < -0.4 is 0 Å². The molecule has 2 nitrogen and oxygen atoms in total. The van der Waals surface area contributed by atoms with Crippen molar-refractivity contribution < 1.29 is 9.90 Å². The molecule has 0 spiro atoms. The quantitative estimate of drug-likeness (QED) is 0.682. The maximum Gasteiger partial charge on any atom is 0.136 e. The van der Waals surface area contributed by atoms with Gasteiger partial charge in [0.25, 0.3) is 0 Å². The number of hydrogen-bond acceptors (Lipinski definition) is 2. The number of carbonyl (C=O) groups excluding carboxylic acids is 1. The molecule has 0 aliphatic heterocycles. The lowest BCUT2D eigenvalue weighted by atomic mass is 9.45. The van der Waals surface area contributed by atoms with Crippen LogP contribution >= 0.6 is 0 Å². The van der Waals surface area contributed by atoms with Crippen molar-refractivity contribution in [2.45, 2.75) is 84.7 Å². The molecule has 0 heterocycles.